The monoisotopic (exact) mass is 549 g/mol. The van der Waals surface area contributed by atoms with Crippen molar-refractivity contribution in [2.75, 3.05) is 19.7 Å². The number of rotatable bonds is 7. The number of carbonyl (C=O) groups is 1. The standard InChI is InChI=1S/C26H24F5N5O3/c1-15-33-13-19(22(14-37)35-39-17-5-8-32-23(11-17)26(29,30)31)25(34-15)16-6-9-36(10-7-16)24(38)12-18-20(27)3-2-4-21(18)28/h2-5,8,11,13,16,37H,6-7,9-10,12,14H2,1H3. The van der Waals surface area contributed by atoms with Gasteiger partial charge < -0.3 is 14.8 Å². The first kappa shape index (κ1) is 28.0. The van der Waals surface area contributed by atoms with E-state index in [-0.39, 0.29) is 22.9 Å². The molecule has 8 nitrogen and oxygen atoms in total. The Bertz CT molecular complexity index is 1350. The maximum Gasteiger partial charge on any atom is 0.433 e. The predicted octanol–water partition coefficient (Wildman–Crippen LogP) is 4.20. The number of pyridine rings is 1. The van der Waals surface area contributed by atoms with Crippen LogP contribution < -0.4 is 4.84 Å². The van der Waals surface area contributed by atoms with Gasteiger partial charge in [0.2, 0.25) is 5.91 Å². The number of nitrogens with zero attached hydrogens (tertiary/aromatic N) is 5. The third-order valence-electron chi connectivity index (χ3n) is 6.31. The number of alkyl halides is 3. The van der Waals surface area contributed by atoms with Crippen LogP contribution in [0.2, 0.25) is 0 Å². The van der Waals surface area contributed by atoms with Crippen molar-refractivity contribution in [3.05, 3.63) is 82.7 Å². The molecule has 1 aliphatic heterocycles. The summed E-state index contributed by atoms with van der Waals surface area (Å²) in [5, 5.41) is 13.8. The molecule has 3 heterocycles. The van der Waals surface area contributed by atoms with Crippen molar-refractivity contribution in [2.45, 2.75) is 38.3 Å². The van der Waals surface area contributed by atoms with E-state index in [1.54, 1.807) is 6.92 Å². The zero-order valence-electron chi connectivity index (χ0n) is 20.8. The van der Waals surface area contributed by atoms with Crippen LogP contribution in [0, 0.1) is 18.6 Å². The third kappa shape index (κ3) is 6.72. The van der Waals surface area contributed by atoms with Gasteiger partial charge in [0.15, 0.2) is 5.75 Å². The lowest BCUT2D eigenvalue weighted by molar-refractivity contribution is -0.141. The molecule has 13 heteroatoms. The van der Waals surface area contributed by atoms with Gasteiger partial charge >= 0.3 is 6.18 Å². The summed E-state index contributed by atoms with van der Waals surface area (Å²) in [6, 6.07) is 5.32. The minimum absolute atomic E-state index is 0.00362. The van der Waals surface area contributed by atoms with Crippen molar-refractivity contribution < 1.29 is 36.7 Å². The molecule has 1 aliphatic rings. The lowest BCUT2D eigenvalue weighted by Gasteiger charge is -2.32. The zero-order valence-corrected chi connectivity index (χ0v) is 20.8. The number of carbonyl (C=O) groups excluding carboxylic acids is 1. The molecule has 0 unspecified atom stereocenters. The molecule has 1 amide bonds. The summed E-state index contributed by atoms with van der Waals surface area (Å²) in [6.07, 6.45) is -1.75. The Morgan fingerprint density at radius 3 is 2.49 bits per heavy atom. The lowest BCUT2D eigenvalue weighted by Crippen LogP contribution is -2.39. The molecule has 1 saturated heterocycles. The van der Waals surface area contributed by atoms with Gasteiger partial charge in [0.05, 0.1) is 18.7 Å². The Hall–Kier alpha value is -4.00. The van der Waals surface area contributed by atoms with E-state index in [2.05, 4.69) is 20.1 Å². The summed E-state index contributed by atoms with van der Waals surface area (Å²) in [4.78, 5) is 31.3. The van der Waals surface area contributed by atoms with Crippen molar-refractivity contribution >= 4 is 11.6 Å². The molecule has 0 bridgehead atoms. The van der Waals surface area contributed by atoms with Gasteiger partial charge in [0, 0.05) is 54.7 Å². The number of likely N-dealkylation sites (tertiary alicyclic amines) is 1. The van der Waals surface area contributed by atoms with E-state index in [1.807, 2.05) is 0 Å². The summed E-state index contributed by atoms with van der Waals surface area (Å²) in [7, 11) is 0. The largest absolute Gasteiger partial charge is 0.433 e. The molecule has 0 atom stereocenters. The number of halogens is 5. The summed E-state index contributed by atoms with van der Waals surface area (Å²) >= 11 is 0. The SMILES string of the molecule is Cc1ncc(C(CO)=NOc2ccnc(C(F)(F)F)c2)c(C2CCN(C(=O)Cc3c(F)cccc3F)CC2)n1. The maximum atomic E-state index is 14.0. The molecule has 0 radical (unpaired) electrons. The van der Waals surface area contributed by atoms with Crippen LogP contribution in [0.1, 0.15) is 47.1 Å². The molecule has 0 aliphatic carbocycles. The van der Waals surface area contributed by atoms with Crippen LogP contribution in [0.3, 0.4) is 0 Å². The highest BCUT2D eigenvalue weighted by molar-refractivity contribution is 6.02. The zero-order chi connectivity index (χ0) is 28.2. The normalized spacial score (nSPS) is 14.9. The van der Waals surface area contributed by atoms with Gasteiger partial charge in [0.25, 0.3) is 0 Å². The molecular weight excluding hydrogens is 525 g/mol. The highest BCUT2D eigenvalue weighted by Gasteiger charge is 2.33. The second-order valence-corrected chi connectivity index (χ2v) is 8.91. The van der Waals surface area contributed by atoms with Gasteiger partial charge in [-0.3, -0.25) is 9.78 Å². The number of piperidine rings is 1. The second kappa shape index (κ2) is 11.8. The average molecular weight is 550 g/mol. The first-order valence-corrected chi connectivity index (χ1v) is 12.0. The highest BCUT2D eigenvalue weighted by atomic mass is 19.4. The van der Waals surface area contributed by atoms with E-state index in [0.29, 0.717) is 49.1 Å². The Kier molecular flexibility index (Phi) is 8.48. The van der Waals surface area contributed by atoms with E-state index in [4.69, 9.17) is 4.84 Å². The van der Waals surface area contributed by atoms with Gasteiger partial charge in [-0.25, -0.2) is 18.7 Å². The van der Waals surface area contributed by atoms with E-state index < -0.39 is 42.4 Å². The fraction of sp³-hybridized carbons (Fsp3) is 0.346. The number of oxime groups is 1. The fourth-order valence-corrected chi connectivity index (χ4v) is 4.28. The highest BCUT2D eigenvalue weighted by Crippen LogP contribution is 2.31. The van der Waals surface area contributed by atoms with Crippen LogP contribution in [0.15, 0.2) is 47.9 Å². The Balaban J connectivity index is 1.49. The van der Waals surface area contributed by atoms with Crippen LogP contribution in [-0.4, -0.2) is 56.3 Å². The molecule has 0 saturated carbocycles. The number of benzene rings is 1. The fourth-order valence-electron chi connectivity index (χ4n) is 4.28. The van der Waals surface area contributed by atoms with E-state index in [0.717, 1.165) is 18.3 Å². The molecule has 1 fully saturated rings. The molecule has 1 N–H and O–H groups in total. The Morgan fingerprint density at radius 1 is 1.15 bits per heavy atom. The van der Waals surface area contributed by atoms with Gasteiger partial charge in [-0.15, -0.1) is 0 Å². The summed E-state index contributed by atoms with van der Waals surface area (Å²) in [5.41, 5.74) is -0.537. The minimum atomic E-state index is -4.67. The van der Waals surface area contributed by atoms with E-state index >= 15 is 0 Å². The summed E-state index contributed by atoms with van der Waals surface area (Å²) in [6.45, 7) is 1.68. The Morgan fingerprint density at radius 2 is 1.85 bits per heavy atom. The first-order chi connectivity index (χ1) is 18.6. The van der Waals surface area contributed by atoms with E-state index in [1.165, 1.54) is 23.2 Å². The maximum absolute atomic E-state index is 14.0. The van der Waals surface area contributed by atoms with Gasteiger partial charge in [-0.05, 0) is 31.9 Å². The topological polar surface area (TPSA) is 101 Å². The summed E-state index contributed by atoms with van der Waals surface area (Å²) < 4.78 is 66.8. The molecule has 2 aromatic heterocycles. The first-order valence-electron chi connectivity index (χ1n) is 12.0. The quantitative estimate of drug-likeness (QED) is 0.269. The van der Waals surface area contributed by atoms with Gasteiger partial charge in [0.1, 0.15) is 28.9 Å². The molecule has 206 valence electrons. The van der Waals surface area contributed by atoms with Crippen LogP contribution in [0.25, 0.3) is 0 Å². The third-order valence-corrected chi connectivity index (χ3v) is 6.31. The number of hydrogen-bond donors (Lipinski definition) is 1. The molecule has 39 heavy (non-hydrogen) atoms. The smallest absolute Gasteiger partial charge is 0.390 e. The number of aryl methyl sites for hydroxylation is 1. The molecule has 4 rings (SSSR count). The summed E-state index contributed by atoms with van der Waals surface area (Å²) in [5.74, 6) is -1.92. The van der Waals surface area contributed by atoms with E-state index in [9.17, 15) is 31.9 Å². The van der Waals surface area contributed by atoms with Crippen molar-refractivity contribution in [3.8, 4) is 5.75 Å². The lowest BCUT2D eigenvalue weighted by atomic mass is 9.89. The van der Waals surface area contributed by atoms with Crippen molar-refractivity contribution in [2.24, 2.45) is 5.16 Å². The number of aliphatic hydroxyl groups excluding tert-OH is 1. The van der Waals surface area contributed by atoms with Gasteiger partial charge in [-0.2, -0.15) is 13.2 Å². The molecule has 1 aromatic carbocycles. The van der Waals surface area contributed by atoms with Gasteiger partial charge in [-0.1, -0.05) is 11.2 Å². The van der Waals surface area contributed by atoms with Crippen LogP contribution >= 0.6 is 0 Å². The van der Waals surface area contributed by atoms with Crippen molar-refractivity contribution in [1.29, 1.82) is 0 Å². The molecular formula is C26H24F5N5O3. The number of amides is 1. The minimum Gasteiger partial charge on any atom is -0.390 e. The van der Waals surface area contributed by atoms with Crippen molar-refractivity contribution in [3.63, 3.8) is 0 Å². The number of hydrogen-bond acceptors (Lipinski definition) is 7. The van der Waals surface area contributed by atoms with Crippen LogP contribution in [0.5, 0.6) is 5.75 Å². The predicted molar refractivity (Wildman–Crippen MR) is 129 cm³/mol. The second-order valence-electron chi connectivity index (χ2n) is 8.91. The van der Waals surface area contributed by atoms with Crippen LogP contribution in [-0.2, 0) is 17.4 Å². The van der Waals surface area contributed by atoms with Crippen molar-refractivity contribution in [1.82, 2.24) is 19.9 Å². The molecule has 0 spiro atoms. The van der Waals surface area contributed by atoms with Crippen LogP contribution in [0.4, 0.5) is 22.0 Å². The molecule has 3 aromatic rings. The number of aromatic nitrogens is 3. The number of aliphatic hydroxyl groups is 1. The Labute approximate surface area is 220 Å². The average Bonchev–Trinajstić information content (AvgIpc) is 2.91.